The highest BCUT2D eigenvalue weighted by molar-refractivity contribution is 5.35. The van der Waals surface area contributed by atoms with Crippen molar-refractivity contribution < 1.29 is 9.84 Å². The van der Waals surface area contributed by atoms with Crippen LogP contribution in [0.2, 0.25) is 0 Å². The third-order valence-corrected chi connectivity index (χ3v) is 3.82. The number of aliphatic hydroxyl groups excluding tert-OH is 1. The lowest BCUT2D eigenvalue weighted by Gasteiger charge is -2.22. The van der Waals surface area contributed by atoms with E-state index in [1.807, 2.05) is 12.1 Å². The summed E-state index contributed by atoms with van der Waals surface area (Å²) in [5.41, 5.74) is 2.31. The minimum absolute atomic E-state index is 0.110. The van der Waals surface area contributed by atoms with Gasteiger partial charge in [-0.3, -0.25) is 0 Å². The smallest absolute Gasteiger partial charge is 0.119 e. The molecular weight excluding hydrogens is 212 g/mol. The monoisotopic (exact) mass is 234 g/mol. The van der Waals surface area contributed by atoms with Crippen molar-refractivity contribution in [3.8, 4) is 5.75 Å². The Morgan fingerprint density at radius 3 is 2.59 bits per heavy atom. The van der Waals surface area contributed by atoms with E-state index >= 15 is 0 Å². The molecule has 0 bridgehead atoms. The maximum Gasteiger partial charge on any atom is 0.119 e. The van der Waals surface area contributed by atoms with Crippen LogP contribution in [0.5, 0.6) is 5.75 Å². The Bertz CT molecular complexity index is 354. The Morgan fingerprint density at radius 1 is 1.18 bits per heavy atom. The molecule has 1 saturated carbocycles. The minimum Gasteiger partial charge on any atom is -0.497 e. The summed E-state index contributed by atoms with van der Waals surface area (Å²) < 4.78 is 5.19. The molecule has 94 valence electrons. The van der Waals surface area contributed by atoms with Gasteiger partial charge in [0.05, 0.1) is 13.7 Å². The zero-order chi connectivity index (χ0) is 12.1. The van der Waals surface area contributed by atoms with Gasteiger partial charge in [0.15, 0.2) is 0 Å². The molecular formula is C15H22O2. The molecule has 17 heavy (non-hydrogen) atoms. The first-order valence-corrected chi connectivity index (χ1v) is 6.60. The van der Waals surface area contributed by atoms with Gasteiger partial charge in [0.25, 0.3) is 0 Å². The molecule has 1 aliphatic rings. The molecule has 0 heterocycles. The van der Waals surface area contributed by atoms with E-state index in [-0.39, 0.29) is 6.61 Å². The first-order valence-electron chi connectivity index (χ1n) is 6.60. The first-order chi connectivity index (χ1) is 8.33. The Hall–Kier alpha value is -1.02. The predicted molar refractivity (Wildman–Crippen MR) is 69.2 cm³/mol. The first kappa shape index (κ1) is 12.4. The molecule has 1 N–H and O–H groups in total. The molecule has 0 spiro atoms. The standard InChI is InChI=1S/C15H22O2/c1-17-15-8-7-13(14(10-15)11-16)9-12-5-3-2-4-6-12/h7-8,10,12,16H,2-6,9,11H2,1H3. The molecule has 0 saturated heterocycles. The van der Waals surface area contributed by atoms with E-state index < -0.39 is 0 Å². The van der Waals surface area contributed by atoms with Crippen molar-refractivity contribution >= 4 is 0 Å². The van der Waals surface area contributed by atoms with Crippen LogP contribution in [0, 0.1) is 5.92 Å². The molecule has 0 unspecified atom stereocenters. The van der Waals surface area contributed by atoms with Crippen molar-refractivity contribution in [2.45, 2.75) is 45.1 Å². The number of rotatable bonds is 4. The van der Waals surface area contributed by atoms with Crippen LogP contribution in [0.1, 0.15) is 43.2 Å². The summed E-state index contributed by atoms with van der Waals surface area (Å²) in [6, 6.07) is 6.06. The lowest BCUT2D eigenvalue weighted by Crippen LogP contribution is -2.10. The number of ether oxygens (including phenoxy) is 1. The Labute approximate surface area is 104 Å². The zero-order valence-corrected chi connectivity index (χ0v) is 10.6. The van der Waals surface area contributed by atoms with Gasteiger partial charge in [0, 0.05) is 0 Å². The summed E-state index contributed by atoms with van der Waals surface area (Å²) in [6.07, 6.45) is 7.93. The highest BCUT2D eigenvalue weighted by Gasteiger charge is 2.15. The Morgan fingerprint density at radius 2 is 1.94 bits per heavy atom. The van der Waals surface area contributed by atoms with Gasteiger partial charge in [-0.05, 0) is 35.6 Å². The summed E-state index contributed by atoms with van der Waals surface area (Å²) in [4.78, 5) is 0. The summed E-state index contributed by atoms with van der Waals surface area (Å²) in [7, 11) is 1.66. The maximum atomic E-state index is 9.41. The van der Waals surface area contributed by atoms with E-state index in [9.17, 15) is 5.11 Å². The molecule has 2 rings (SSSR count). The van der Waals surface area contributed by atoms with Gasteiger partial charge >= 0.3 is 0 Å². The Kier molecular flexibility index (Phi) is 4.43. The molecule has 1 aromatic carbocycles. The highest BCUT2D eigenvalue weighted by atomic mass is 16.5. The average Bonchev–Trinajstić information content (AvgIpc) is 2.40. The van der Waals surface area contributed by atoms with Crippen molar-refractivity contribution in [1.29, 1.82) is 0 Å². The van der Waals surface area contributed by atoms with Gasteiger partial charge in [0.2, 0.25) is 0 Å². The van der Waals surface area contributed by atoms with E-state index in [0.717, 1.165) is 23.7 Å². The van der Waals surface area contributed by atoms with E-state index in [1.54, 1.807) is 7.11 Å². The average molecular weight is 234 g/mol. The topological polar surface area (TPSA) is 29.5 Å². The van der Waals surface area contributed by atoms with Crippen molar-refractivity contribution in [3.63, 3.8) is 0 Å². The normalized spacial score (nSPS) is 17.1. The third kappa shape index (κ3) is 3.22. The largest absolute Gasteiger partial charge is 0.497 e. The molecule has 0 radical (unpaired) electrons. The van der Waals surface area contributed by atoms with Gasteiger partial charge < -0.3 is 9.84 Å². The quantitative estimate of drug-likeness (QED) is 0.866. The molecule has 2 heteroatoms. The van der Waals surface area contributed by atoms with Crippen LogP contribution in [-0.4, -0.2) is 12.2 Å². The molecule has 1 aromatic rings. The van der Waals surface area contributed by atoms with E-state index in [0.29, 0.717) is 0 Å². The van der Waals surface area contributed by atoms with Crippen LogP contribution >= 0.6 is 0 Å². The van der Waals surface area contributed by atoms with Crippen molar-refractivity contribution in [2.24, 2.45) is 5.92 Å². The van der Waals surface area contributed by atoms with Gasteiger partial charge in [-0.25, -0.2) is 0 Å². The number of methoxy groups -OCH3 is 1. The van der Waals surface area contributed by atoms with Gasteiger partial charge in [0.1, 0.15) is 5.75 Å². The SMILES string of the molecule is COc1ccc(CC2CCCCC2)c(CO)c1. The minimum atomic E-state index is 0.110. The van der Waals surface area contributed by atoms with Crippen LogP contribution in [0.15, 0.2) is 18.2 Å². The number of hydrogen-bond donors (Lipinski definition) is 1. The van der Waals surface area contributed by atoms with Crippen LogP contribution < -0.4 is 4.74 Å². The molecule has 2 nitrogen and oxygen atoms in total. The molecule has 0 amide bonds. The maximum absolute atomic E-state index is 9.41. The van der Waals surface area contributed by atoms with E-state index in [2.05, 4.69) is 6.07 Å². The number of aliphatic hydroxyl groups is 1. The van der Waals surface area contributed by atoms with Crippen molar-refractivity contribution in [2.75, 3.05) is 7.11 Å². The second-order valence-electron chi connectivity index (χ2n) is 5.00. The Balaban J connectivity index is 2.08. The summed E-state index contributed by atoms with van der Waals surface area (Å²) in [6.45, 7) is 0.110. The molecule has 1 fully saturated rings. The van der Waals surface area contributed by atoms with Crippen LogP contribution in [-0.2, 0) is 13.0 Å². The number of benzene rings is 1. The lowest BCUT2D eigenvalue weighted by atomic mass is 9.84. The molecule has 0 aliphatic heterocycles. The zero-order valence-electron chi connectivity index (χ0n) is 10.6. The van der Waals surface area contributed by atoms with Crippen molar-refractivity contribution in [1.82, 2.24) is 0 Å². The molecule has 0 atom stereocenters. The second-order valence-corrected chi connectivity index (χ2v) is 5.00. The summed E-state index contributed by atoms with van der Waals surface area (Å²) in [5, 5.41) is 9.41. The van der Waals surface area contributed by atoms with Gasteiger partial charge in [-0.2, -0.15) is 0 Å². The molecule has 0 aromatic heterocycles. The summed E-state index contributed by atoms with van der Waals surface area (Å²) in [5.74, 6) is 1.64. The molecule has 1 aliphatic carbocycles. The third-order valence-electron chi connectivity index (χ3n) is 3.82. The second kappa shape index (κ2) is 6.06. The summed E-state index contributed by atoms with van der Waals surface area (Å²) >= 11 is 0. The van der Waals surface area contributed by atoms with Crippen LogP contribution in [0.4, 0.5) is 0 Å². The fourth-order valence-corrected chi connectivity index (χ4v) is 2.78. The highest BCUT2D eigenvalue weighted by Crippen LogP contribution is 2.29. The van der Waals surface area contributed by atoms with Gasteiger partial charge in [-0.1, -0.05) is 38.2 Å². The van der Waals surface area contributed by atoms with E-state index in [1.165, 1.54) is 37.7 Å². The fraction of sp³-hybridized carbons (Fsp3) is 0.600. The van der Waals surface area contributed by atoms with E-state index in [4.69, 9.17) is 4.74 Å². The van der Waals surface area contributed by atoms with Crippen LogP contribution in [0.25, 0.3) is 0 Å². The predicted octanol–water partition coefficient (Wildman–Crippen LogP) is 3.31. The number of hydrogen-bond acceptors (Lipinski definition) is 2. The van der Waals surface area contributed by atoms with Gasteiger partial charge in [-0.15, -0.1) is 0 Å². The fourth-order valence-electron chi connectivity index (χ4n) is 2.78. The lowest BCUT2D eigenvalue weighted by molar-refractivity contribution is 0.277. The van der Waals surface area contributed by atoms with Crippen LogP contribution in [0.3, 0.4) is 0 Å². The van der Waals surface area contributed by atoms with Crippen molar-refractivity contribution in [3.05, 3.63) is 29.3 Å².